The Morgan fingerprint density at radius 2 is 1.77 bits per heavy atom. The Labute approximate surface area is 177 Å². The number of fused-ring (bicyclic) bond motifs is 1. The molecule has 4 heterocycles. The molecular weight excluding hydrogens is 394 g/mol. The highest BCUT2D eigenvalue weighted by atomic mass is 32.1. The number of aromatic nitrogens is 3. The molecule has 0 radical (unpaired) electrons. The Balaban J connectivity index is 1.51. The molecule has 5 aromatic rings. The van der Waals surface area contributed by atoms with E-state index in [9.17, 15) is 0 Å². The van der Waals surface area contributed by atoms with Gasteiger partial charge in [-0.25, -0.2) is 4.98 Å². The average molecular weight is 414 g/mol. The van der Waals surface area contributed by atoms with Crippen LogP contribution in [0, 0.1) is 0 Å². The van der Waals surface area contributed by atoms with Gasteiger partial charge in [-0.1, -0.05) is 36.4 Å². The van der Waals surface area contributed by atoms with Crippen LogP contribution in [-0.4, -0.2) is 15.0 Å². The maximum Gasteiger partial charge on any atom is 0.226 e. The van der Waals surface area contributed by atoms with Crippen molar-refractivity contribution < 1.29 is 4.42 Å². The predicted molar refractivity (Wildman–Crippen MR) is 120 cm³/mol. The molecule has 0 atom stereocenters. The molecule has 7 heteroatoms. The van der Waals surface area contributed by atoms with E-state index in [0.29, 0.717) is 19.0 Å². The lowest BCUT2D eigenvalue weighted by molar-refractivity contribution is 0.518. The summed E-state index contributed by atoms with van der Waals surface area (Å²) in [6.45, 7) is 1.10. The minimum atomic E-state index is 0.545. The lowest BCUT2D eigenvalue weighted by Crippen LogP contribution is -2.08. The number of rotatable bonds is 7. The van der Waals surface area contributed by atoms with E-state index in [4.69, 9.17) is 14.4 Å². The average Bonchev–Trinajstić information content (AvgIpc) is 3.47. The van der Waals surface area contributed by atoms with Crippen LogP contribution >= 0.6 is 11.3 Å². The van der Waals surface area contributed by atoms with E-state index >= 15 is 0 Å². The summed E-state index contributed by atoms with van der Waals surface area (Å²) in [5.74, 6) is 2.19. The minimum absolute atomic E-state index is 0.545. The van der Waals surface area contributed by atoms with E-state index in [1.54, 1.807) is 23.8 Å². The minimum Gasteiger partial charge on any atom is -0.467 e. The number of thiophene rings is 1. The summed E-state index contributed by atoms with van der Waals surface area (Å²) in [6, 6.07) is 20.0. The fraction of sp³-hybridized carbons (Fsp3) is 0.0870. The van der Waals surface area contributed by atoms with Crippen LogP contribution < -0.4 is 10.6 Å². The van der Waals surface area contributed by atoms with Crippen LogP contribution in [0.25, 0.3) is 21.3 Å². The molecule has 0 saturated carbocycles. The molecule has 0 saturated heterocycles. The molecule has 148 valence electrons. The van der Waals surface area contributed by atoms with Gasteiger partial charge < -0.3 is 15.1 Å². The molecule has 0 aliphatic carbocycles. The van der Waals surface area contributed by atoms with E-state index in [1.165, 1.54) is 0 Å². The standard InChI is InChI=1S/C23H19N5OS/c1-2-7-16(8-3-1)19-15-30-22-20(19)21(25-14-18-10-6-12-29-18)27-23(28-22)26-13-17-9-4-5-11-24-17/h1-12,15H,13-14H2,(H2,25,26,27,28). The van der Waals surface area contributed by atoms with Crippen LogP contribution in [-0.2, 0) is 13.1 Å². The van der Waals surface area contributed by atoms with Gasteiger partial charge in [-0.3, -0.25) is 4.98 Å². The molecule has 1 aromatic carbocycles. The SMILES string of the molecule is c1ccc(-c2csc3nc(NCc4ccccn4)nc(NCc4ccco4)c23)cc1. The van der Waals surface area contributed by atoms with Crippen LogP contribution in [0.15, 0.2) is 82.9 Å². The lowest BCUT2D eigenvalue weighted by Gasteiger charge is -2.11. The van der Waals surface area contributed by atoms with Crippen molar-refractivity contribution in [2.45, 2.75) is 13.1 Å². The van der Waals surface area contributed by atoms with Gasteiger partial charge in [0, 0.05) is 17.1 Å². The topological polar surface area (TPSA) is 75.9 Å². The number of anilines is 2. The van der Waals surface area contributed by atoms with Crippen molar-refractivity contribution in [2.24, 2.45) is 0 Å². The Hall–Kier alpha value is -3.71. The number of benzene rings is 1. The smallest absolute Gasteiger partial charge is 0.226 e. The zero-order valence-electron chi connectivity index (χ0n) is 16.1. The number of hydrogen-bond acceptors (Lipinski definition) is 7. The second-order valence-electron chi connectivity index (χ2n) is 6.70. The molecule has 0 unspecified atom stereocenters. The first kappa shape index (κ1) is 18.3. The van der Waals surface area contributed by atoms with Crippen LogP contribution in [0.3, 0.4) is 0 Å². The van der Waals surface area contributed by atoms with Crippen molar-refractivity contribution in [3.8, 4) is 11.1 Å². The van der Waals surface area contributed by atoms with E-state index in [-0.39, 0.29) is 0 Å². The Kier molecular flexibility index (Phi) is 5.10. The number of nitrogens with one attached hydrogen (secondary N) is 2. The molecule has 0 aliphatic rings. The summed E-state index contributed by atoms with van der Waals surface area (Å²) in [5, 5.41) is 9.87. The molecule has 4 aromatic heterocycles. The molecule has 0 aliphatic heterocycles. The summed E-state index contributed by atoms with van der Waals surface area (Å²) in [4.78, 5) is 14.8. The van der Waals surface area contributed by atoms with E-state index in [2.05, 4.69) is 33.1 Å². The fourth-order valence-corrected chi connectivity index (χ4v) is 4.18. The molecular formula is C23H19N5OS. The van der Waals surface area contributed by atoms with Crippen molar-refractivity contribution in [1.82, 2.24) is 15.0 Å². The summed E-state index contributed by atoms with van der Waals surface area (Å²) in [5.41, 5.74) is 3.19. The van der Waals surface area contributed by atoms with E-state index in [0.717, 1.165) is 38.6 Å². The van der Waals surface area contributed by atoms with Gasteiger partial charge in [-0.2, -0.15) is 4.98 Å². The third-order valence-electron chi connectivity index (χ3n) is 4.68. The highest BCUT2D eigenvalue weighted by Crippen LogP contribution is 2.37. The molecule has 5 rings (SSSR count). The first-order valence-electron chi connectivity index (χ1n) is 9.61. The third-order valence-corrected chi connectivity index (χ3v) is 5.55. The lowest BCUT2D eigenvalue weighted by atomic mass is 10.1. The summed E-state index contributed by atoms with van der Waals surface area (Å²) >= 11 is 1.61. The second kappa shape index (κ2) is 8.34. The zero-order chi connectivity index (χ0) is 20.2. The van der Waals surface area contributed by atoms with Gasteiger partial charge in [0.25, 0.3) is 0 Å². The van der Waals surface area contributed by atoms with Crippen molar-refractivity contribution in [2.75, 3.05) is 10.6 Å². The van der Waals surface area contributed by atoms with Crippen LogP contribution in [0.2, 0.25) is 0 Å². The predicted octanol–water partition coefficient (Wildman–Crippen LogP) is 5.57. The summed E-state index contributed by atoms with van der Waals surface area (Å²) in [6.07, 6.45) is 3.45. The monoisotopic (exact) mass is 413 g/mol. The van der Waals surface area contributed by atoms with E-state index in [1.807, 2.05) is 48.5 Å². The normalized spacial score (nSPS) is 10.9. The largest absolute Gasteiger partial charge is 0.467 e. The molecule has 0 fully saturated rings. The van der Waals surface area contributed by atoms with Gasteiger partial charge in [0.05, 0.1) is 30.4 Å². The Morgan fingerprint density at radius 3 is 2.57 bits per heavy atom. The highest BCUT2D eigenvalue weighted by Gasteiger charge is 2.16. The van der Waals surface area contributed by atoms with Gasteiger partial charge >= 0.3 is 0 Å². The molecule has 0 bridgehead atoms. The van der Waals surface area contributed by atoms with Crippen molar-refractivity contribution in [3.63, 3.8) is 0 Å². The van der Waals surface area contributed by atoms with Gasteiger partial charge in [0.2, 0.25) is 5.95 Å². The van der Waals surface area contributed by atoms with Gasteiger partial charge in [0.1, 0.15) is 16.4 Å². The highest BCUT2D eigenvalue weighted by molar-refractivity contribution is 7.17. The van der Waals surface area contributed by atoms with Gasteiger partial charge in [-0.15, -0.1) is 11.3 Å². The second-order valence-corrected chi connectivity index (χ2v) is 7.56. The Bertz CT molecular complexity index is 1240. The van der Waals surface area contributed by atoms with Crippen LogP contribution in [0.5, 0.6) is 0 Å². The fourth-order valence-electron chi connectivity index (χ4n) is 3.24. The maximum atomic E-state index is 5.47. The quantitative estimate of drug-likeness (QED) is 0.363. The van der Waals surface area contributed by atoms with E-state index < -0.39 is 0 Å². The molecule has 0 spiro atoms. The molecule has 6 nitrogen and oxygen atoms in total. The Morgan fingerprint density at radius 1 is 0.867 bits per heavy atom. The van der Waals surface area contributed by atoms with Gasteiger partial charge in [-0.05, 0) is 29.8 Å². The molecule has 2 N–H and O–H groups in total. The summed E-state index contributed by atoms with van der Waals surface area (Å²) < 4.78 is 5.47. The zero-order valence-corrected chi connectivity index (χ0v) is 16.9. The number of pyridine rings is 1. The number of hydrogen-bond donors (Lipinski definition) is 2. The van der Waals surface area contributed by atoms with Gasteiger partial charge in [0.15, 0.2) is 0 Å². The maximum absolute atomic E-state index is 5.47. The first-order chi connectivity index (χ1) is 14.9. The summed E-state index contributed by atoms with van der Waals surface area (Å²) in [7, 11) is 0. The van der Waals surface area contributed by atoms with Crippen LogP contribution in [0.4, 0.5) is 11.8 Å². The first-order valence-corrected chi connectivity index (χ1v) is 10.5. The van der Waals surface area contributed by atoms with Crippen LogP contribution in [0.1, 0.15) is 11.5 Å². The number of furan rings is 1. The third kappa shape index (κ3) is 3.88. The van der Waals surface area contributed by atoms with Crippen molar-refractivity contribution in [1.29, 1.82) is 0 Å². The van der Waals surface area contributed by atoms with Crippen molar-refractivity contribution in [3.05, 3.63) is 90.0 Å². The number of nitrogens with zero attached hydrogens (tertiary/aromatic N) is 3. The molecule has 30 heavy (non-hydrogen) atoms. The van der Waals surface area contributed by atoms with Crippen molar-refractivity contribution >= 4 is 33.3 Å². The molecule has 0 amide bonds.